The van der Waals surface area contributed by atoms with Crippen molar-refractivity contribution in [3.05, 3.63) is 0 Å². The summed E-state index contributed by atoms with van der Waals surface area (Å²) in [7, 11) is 0. The molecule has 0 aromatic heterocycles. The Morgan fingerprint density at radius 1 is 1.33 bits per heavy atom. The molecule has 0 amide bonds. The van der Waals surface area contributed by atoms with Crippen LogP contribution in [0.15, 0.2) is 0 Å². The molecule has 0 aromatic carbocycles. The summed E-state index contributed by atoms with van der Waals surface area (Å²) in [5.41, 5.74) is 5.22. The fraction of sp³-hybridized carbons (Fsp3) is 0.889. The quantitative estimate of drug-likeness (QED) is 0.309. The van der Waals surface area contributed by atoms with E-state index in [4.69, 9.17) is 11.1 Å². The Morgan fingerprint density at radius 3 is 2.50 bits per heavy atom. The SMILES string of the molecule is CC(C)NCCCCCC(=N)N. The minimum absolute atomic E-state index is 0.312. The molecular formula is C9H21N3. The third-order valence-electron chi connectivity index (χ3n) is 1.68. The van der Waals surface area contributed by atoms with Crippen LogP contribution in [0.3, 0.4) is 0 Å². The van der Waals surface area contributed by atoms with Gasteiger partial charge in [0.15, 0.2) is 0 Å². The molecule has 0 fully saturated rings. The van der Waals surface area contributed by atoms with Crippen molar-refractivity contribution in [3.63, 3.8) is 0 Å². The molecule has 4 N–H and O–H groups in total. The van der Waals surface area contributed by atoms with Crippen molar-refractivity contribution in [2.45, 2.75) is 45.6 Å². The lowest BCUT2D eigenvalue weighted by Gasteiger charge is -2.06. The van der Waals surface area contributed by atoms with Gasteiger partial charge in [0.2, 0.25) is 0 Å². The summed E-state index contributed by atoms with van der Waals surface area (Å²) >= 11 is 0. The molecule has 0 saturated heterocycles. The van der Waals surface area contributed by atoms with E-state index in [1.807, 2.05) is 0 Å². The van der Waals surface area contributed by atoms with E-state index < -0.39 is 0 Å². The maximum Gasteiger partial charge on any atom is 0.0905 e. The lowest BCUT2D eigenvalue weighted by atomic mass is 10.2. The van der Waals surface area contributed by atoms with Gasteiger partial charge in [-0.1, -0.05) is 20.3 Å². The zero-order valence-electron chi connectivity index (χ0n) is 8.19. The van der Waals surface area contributed by atoms with Gasteiger partial charge in [0.25, 0.3) is 0 Å². The van der Waals surface area contributed by atoms with E-state index in [1.54, 1.807) is 0 Å². The second-order valence-electron chi connectivity index (χ2n) is 3.44. The first-order valence-corrected chi connectivity index (χ1v) is 4.69. The Kier molecular flexibility index (Phi) is 6.76. The highest BCUT2D eigenvalue weighted by molar-refractivity contribution is 5.76. The smallest absolute Gasteiger partial charge is 0.0905 e. The second kappa shape index (κ2) is 7.10. The maximum atomic E-state index is 7.01. The van der Waals surface area contributed by atoms with Crippen molar-refractivity contribution < 1.29 is 0 Å². The van der Waals surface area contributed by atoms with E-state index in [-0.39, 0.29) is 0 Å². The van der Waals surface area contributed by atoms with Crippen LogP contribution in [0.5, 0.6) is 0 Å². The first kappa shape index (κ1) is 11.4. The highest BCUT2D eigenvalue weighted by Crippen LogP contribution is 1.98. The average Bonchev–Trinajstić information content (AvgIpc) is 1.95. The molecule has 0 heterocycles. The van der Waals surface area contributed by atoms with Gasteiger partial charge in [-0.25, -0.2) is 0 Å². The van der Waals surface area contributed by atoms with E-state index in [1.165, 1.54) is 12.8 Å². The van der Waals surface area contributed by atoms with Crippen molar-refractivity contribution in [2.75, 3.05) is 6.54 Å². The van der Waals surface area contributed by atoms with Gasteiger partial charge in [0, 0.05) is 12.5 Å². The normalized spacial score (nSPS) is 10.6. The summed E-state index contributed by atoms with van der Waals surface area (Å²) in [6, 6.07) is 0.581. The Hall–Kier alpha value is -0.570. The highest BCUT2D eigenvalue weighted by Gasteiger charge is 1.93. The number of nitrogens with one attached hydrogen (secondary N) is 2. The van der Waals surface area contributed by atoms with Gasteiger partial charge in [-0.05, 0) is 19.4 Å². The van der Waals surface area contributed by atoms with Crippen LogP contribution in [0.25, 0.3) is 0 Å². The van der Waals surface area contributed by atoms with E-state index in [0.717, 1.165) is 19.4 Å². The van der Waals surface area contributed by atoms with Crippen molar-refractivity contribution in [1.82, 2.24) is 5.32 Å². The first-order chi connectivity index (χ1) is 5.63. The van der Waals surface area contributed by atoms with Gasteiger partial charge in [-0.2, -0.15) is 0 Å². The number of rotatable bonds is 7. The van der Waals surface area contributed by atoms with Gasteiger partial charge in [-0.15, -0.1) is 0 Å². The molecule has 12 heavy (non-hydrogen) atoms. The van der Waals surface area contributed by atoms with E-state index in [9.17, 15) is 0 Å². The van der Waals surface area contributed by atoms with Crippen LogP contribution in [0, 0.1) is 5.41 Å². The van der Waals surface area contributed by atoms with Gasteiger partial charge >= 0.3 is 0 Å². The molecule has 3 heteroatoms. The summed E-state index contributed by atoms with van der Waals surface area (Å²) in [4.78, 5) is 0. The number of amidine groups is 1. The molecule has 0 unspecified atom stereocenters. The van der Waals surface area contributed by atoms with Gasteiger partial charge in [0.05, 0.1) is 5.84 Å². The monoisotopic (exact) mass is 171 g/mol. The minimum atomic E-state index is 0.312. The molecule has 0 aliphatic carbocycles. The molecule has 0 aliphatic heterocycles. The number of hydrogen-bond donors (Lipinski definition) is 3. The molecule has 0 saturated carbocycles. The van der Waals surface area contributed by atoms with Crippen LogP contribution in [-0.2, 0) is 0 Å². The van der Waals surface area contributed by atoms with Crippen molar-refractivity contribution in [3.8, 4) is 0 Å². The van der Waals surface area contributed by atoms with E-state index >= 15 is 0 Å². The Morgan fingerprint density at radius 2 is 2.00 bits per heavy atom. The van der Waals surface area contributed by atoms with Crippen molar-refractivity contribution >= 4 is 5.84 Å². The molecule has 0 radical (unpaired) electrons. The molecule has 3 nitrogen and oxygen atoms in total. The topological polar surface area (TPSA) is 61.9 Å². The van der Waals surface area contributed by atoms with Gasteiger partial charge in [0.1, 0.15) is 0 Å². The summed E-state index contributed by atoms with van der Waals surface area (Å²) in [5, 5.41) is 10.4. The van der Waals surface area contributed by atoms with Crippen molar-refractivity contribution in [1.29, 1.82) is 5.41 Å². The highest BCUT2D eigenvalue weighted by atomic mass is 14.9. The molecule has 0 atom stereocenters. The molecule has 0 spiro atoms. The number of nitrogens with two attached hydrogens (primary N) is 1. The maximum absolute atomic E-state index is 7.01. The largest absolute Gasteiger partial charge is 0.388 e. The first-order valence-electron chi connectivity index (χ1n) is 4.69. The third-order valence-corrected chi connectivity index (χ3v) is 1.68. The lowest BCUT2D eigenvalue weighted by molar-refractivity contribution is 0.551. The predicted octanol–water partition coefficient (Wildman–Crippen LogP) is 1.48. The third kappa shape index (κ3) is 9.43. The molecule has 0 aromatic rings. The standard InChI is InChI=1S/C9H21N3/c1-8(2)12-7-5-3-4-6-9(10)11/h8,12H,3-7H2,1-2H3,(H3,10,11). The Balaban J connectivity index is 2.96. The van der Waals surface area contributed by atoms with E-state index in [0.29, 0.717) is 11.9 Å². The molecule has 72 valence electrons. The molecule has 0 rings (SSSR count). The van der Waals surface area contributed by atoms with Crippen LogP contribution in [0.4, 0.5) is 0 Å². The Bertz CT molecular complexity index is 121. The van der Waals surface area contributed by atoms with Crippen LogP contribution < -0.4 is 11.1 Å². The van der Waals surface area contributed by atoms with Crippen molar-refractivity contribution in [2.24, 2.45) is 5.73 Å². The summed E-state index contributed by atoms with van der Waals surface area (Å²) in [6.07, 6.45) is 4.15. The van der Waals surface area contributed by atoms with Gasteiger partial charge < -0.3 is 11.1 Å². The zero-order valence-corrected chi connectivity index (χ0v) is 8.19. The molecular weight excluding hydrogens is 150 g/mol. The fourth-order valence-electron chi connectivity index (χ4n) is 1.01. The molecule has 0 bridgehead atoms. The lowest BCUT2D eigenvalue weighted by Crippen LogP contribution is -2.23. The van der Waals surface area contributed by atoms with Gasteiger partial charge in [-0.3, -0.25) is 5.41 Å². The fourth-order valence-corrected chi connectivity index (χ4v) is 1.01. The number of unbranched alkanes of at least 4 members (excludes halogenated alkanes) is 2. The molecule has 0 aliphatic rings. The van der Waals surface area contributed by atoms with Crippen LogP contribution in [0.1, 0.15) is 39.5 Å². The van der Waals surface area contributed by atoms with E-state index in [2.05, 4.69) is 19.2 Å². The van der Waals surface area contributed by atoms with Crippen LogP contribution in [0.2, 0.25) is 0 Å². The average molecular weight is 171 g/mol. The predicted molar refractivity (Wildman–Crippen MR) is 53.5 cm³/mol. The summed E-state index contributed by atoms with van der Waals surface area (Å²) in [6.45, 7) is 5.38. The minimum Gasteiger partial charge on any atom is -0.388 e. The van der Waals surface area contributed by atoms with Crippen LogP contribution in [-0.4, -0.2) is 18.4 Å². The second-order valence-corrected chi connectivity index (χ2v) is 3.44. The summed E-state index contributed by atoms with van der Waals surface area (Å²) in [5.74, 6) is 0.312. The van der Waals surface area contributed by atoms with Crippen LogP contribution >= 0.6 is 0 Å². The number of hydrogen-bond acceptors (Lipinski definition) is 2. The Labute approximate surface area is 75.2 Å². The summed E-state index contributed by atoms with van der Waals surface area (Å²) < 4.78 is 0. The zero-order chi connectivity index (χ0) is 9.40.